The minimum absolute atomic E-state index is 0.132. The summed E-state index contributed by atoms with van der Waals surface area (Å²) in [6.07, 6.45) is 1.18. The second-order valence-corrected chi connectivity index (χ2v) is 7.83. The molecule has 0 radical (unpaired) electrons. The number of carbonyl (C=O) groups is 4. The molecule has 2 aliphatic heterocycles. The molecule has 4 amide bonds. The van der Waals surface area contributed by atoms with Crippen molar-refractivity contribution < 1.29 is 28.7 Å². The van der Waals surface area contributed by atoms with E-state index in [4.69, 9.17) is 9.47 Å². The van der Waals surface area contributed by atoms with Gasteiger partial charge in [0.15, 0.2) is 0 Å². The van der Waals surface area contributed by atoms with Gasteiger partial charge in [-0.25, -0.2) is 9.59 Å². The summed E-state index contributed by atoms with van der Waals surface area (Å²) in [7, 11) is 1.24. The lowest BCUT2D eigenvalue weighted by Crippen LogP contribution is -2.56. The number of amides is 4. The van der Waals surface area contributed by atoms with Crippen LogP contribution in [0.1, 0.15) is 33.1 Å². The molecular weight excluding hydrogens is 380 g/mol. The van der Waals surface area contributed by atoms with Gasteiger partial charge in [0.05, 0.1) is 20.3 Å². The van der Waals surface area contributed by atoms with Crippen molar-refractivity contribution in [1.29, 1.82) is 0 Å². The van der Waals surface area contributed by atoms with Crippen molar-refractivity contribution in [3.05, 3.63) is 0 Å². The van der Waals surface area contributed by atoms with Crippen LogP contribution in [0.4, 0.5) is 4.79 Å². The van der Waals surface area contributed by atoms with Crippen LogP contribution in [-0.4, -0.2) is 80.8 Å². The maximum Gasteiger partial charge on any atom is 0.328 e. The van der Waals surface area contributed by atoms with Gasteiger partial charge in [-0.3, -0.25) is 9.59 Å². The number of nitrogens with zero attached hydrogens (tertiary/aromatic N) is 1. The van der Waals surface area contributed by atoms with Gasteiger partial charge < -0.3 is 30.3 Å². The SMILES string of the molecule is COC(=O)[C@H](CC1CCNC1=O)NC(=O)[C@H](CC(C)C)NC(=O)N1CCOCC1. The van der Waals surface area contributed by atoms with Gasteiger partial charge in [0.25, 0.3) is 0 Å². The lowest BCUT2D eigenvalue weighted by Gasteiger charge is -2.30. The van der Waals surface area contributed by atoms with Gasteiger partial charge in [-0.1, -0.05) is 13.8 Å². The third-order valence-corrected chi connectivity index (χ3v) is 5.10. The number of ether oxygens (including phenoxy) is 2. The summed E-state index contributed by atoms with van der Waals surface area (Å²) in [5, 5.41) is 8.17. The van der Waals surface area contributed by atoms with Gasteiger partial charge in [0, 0.05) is 25.6 Å². The van der Waals surface area contributed by atoms with Crippen molar-refractivity contribution in [1.82, 2.24) is 20.9 Å². The molecule has 0 spiro atoms. The zero-order valence-corrected chi connectivity index (χ0v) is 17.4. The zero-order chi connectivity index (χ0) is 21.4. The van der Waals surface area contributed by atoms with Crippen molar-refractivity contribution in [2.75, 3.05) is 40.0 Å². The maximum atomic E-state index is 12.9. The highest BCUT2D eigenvalue weighted by atomic mass is 16.5. The quantitative estimate of drug-likeness (QED) is 0.467. The van der Waals surface area contributed by atoms with Crippen LogP contribution in [0, 0.1) is 11.8 Å². The summed E-state index contributed by atoms with van der Waals surface area (Å²) in [6.45, 7) is 6.29. The standard InChI is InChI=1S/C19H32N4O6/c1-12(2)10-14(22-19(27)23-6-8-29-9-7-23)17(25)21-15(18(26)28-3)11-13-4-5-20-16(13)24/h12-15H,4-11H2,1-3H3,(H,20,24)(H,21,25)(H,22,27)/t13?,14-,15-/m0/s1. The number of morpholine rings is 1. The molecule has 2 rings (SSSR count). The Hall–Kier alpha value is -2.36. The Balaban J connectivity index is 2.03. The Kier molecular flexibility index (Phi) is 8.69. The molecule has 0 saturated carbocycles. The first-order valence-electron chi connectivity index (χ1n) is 10.1. The van der Waals surface area contributed by atoms with E-state index >= 15 is 0 Å². The van der Waals surface area contributed by atoms with Gasteiger partial charge in [0.1, 0.15) is 12.1 Å². The second-order valence-electron chi connectivity index (χ2n) is 7.83. The first-order valence-corrected chi connectivity index (χ1v) is 10.1. The fourth-order valence-corrected chi connectivity index (χ4v) is 3.49. The molecule has 2 aliphatic rings. The number of urea groups is 1. The van der Waals surface area contributed by atoms with Crippen LogP contribution in [0.25, 0.3) is 0 Å². The largest absolute Gasteiger partial charge is 0.467 e. The lowest BCUT2D eigenvalue weighted by atomic mass is 9.97. The average Bonchev–Trinajstić information content (AvgIpc) is 3.11. The van der Waals surface area contributed by atoms with E-state index in [1.54, 1.807) is 4.90 Å². The van der Waals surface area contributed by atoms with E-state index in [9.17, 15) is 19.2 Å². The highest BCUT2D eigenvalue weighted by Crippen LogP contribution is 2.17. The van der Waals surface area contributed by atoms with E-state index in [0.717, 1.165) is 0 Å². The van der Waals surface area contributed by atoms with E-state index < -0.39 is 24.0 Å². The smallest absolute Gasteiger partial charge is 0.328 e. The first-order chi connectivity index (χ1) is 13.8. The lowest BCUT2D eigenvalue weighted by molar-refractivity contribution is -0.146. The molecule has 2 fully saturated rings. The van der Waals surface area contributed by atoms with E-state index in [-0.39, 0.29) is 30.2 Å². The summed E-state index contributed by atoms with van der Waals surface area (Å²) in [5.74, 6) is -1.42. The fraction of sp³-hybridized carbons (Fsp3) is 0.789. The van der Waals surface area contributed by atoms with E-state index in [2.05, 4.69) is 16.0 Å². The monoisotopic (exact) mass is 412 g/mol. The predicted molar refractivity (Wildman–Crippen MR) is 104 cm³/mol. The summed E-state index contributed by atoms with van der Waals surface area (Å²) in [5.41, 5.74) is 0. The van der Waals surface area contributed by atoms with Crippen LogP contribution >= 0.6 is 0 Å². The number of rotatable bonds is 8. The van der Waals surface area contributed by atoms with Crippen molar-refractivity contribution in [2.24, 2.45) is 11.8 Å². The van der Waals surface area contributed by atoms with Crippen LogP contribution in [0.3, 0.4) is 0 Å². The summed E-state index contributed by atoms with van der Waals surface area (Å²) >= 11 is 0. The maximum absolute atomic E-state index is 12.9. The molecule has 0 aromatic heterocycles. The molecule has 29 heavy (non-hydrogen) atoms. The van der Waals surface area contributed by atoms with Gasteiger partial charge in [-0.15, -0.1) is 0 Å². The highest BCUT2D eigenvalue weighted by Gasteiger charge is 2.34. The normalized spacial score (nSPS) is 21.3. The molecule has 164 valence electrons. The van der Waals surface area contributed by atoms with Crippen LogP contribution in [0.5, 0.6) is 0 Å². The molecule has 0 aromatic rings. The highest BCUT2D eigenvalue weighted by molar-refractivity contribution is 5.91. The Bertz CT molecular complexity index is 606. The molecule has 3 atom stereocenters. The minimum Gasteiger partial charge on any atom is -0.467 e. The molecule has 10 heteroatoms. The molecule has 2 heterocycles. The molecular formula is C19H32N4O6. The van der Waals surface area contributed by atoms with Gasteiger partial charge >= 0.3 is 12.0 Å². The number of carbonyl (C=O) groups excluding carboxylic acids is 4. The number of nitrogens with one attached hydrogen (secondary N) is 3. The van der Waals surface area contributed by atoms with Crippen LogP contribution in [0.15, 0.2) is 0 Å². The third kappa shape index (κ3) is 6.88. The molecule has 3 N–H and O–H groups in total. The number of hydrogen-bond donors (Lipinski definition) is 3. The Morgan fingerprint density at radius 2 is 1.90 bits per heavy atom. The van der Waals surface area contributed by atoms with Crippen LogP contribution in [-0.2, 0) is 23.9 Å². The van der Waals surface area contributed by atoms with Gasteiger partial charge in [0.2, 0.25) is 11.8 Å². The van der Waals surface area contributed by atoms with Crippen LogP contribution < -0.4 is 16.0 Å². The Morgan fingerprint density at radius 3 is 2.45 bits per heavy atom. The molecule has 10 nitrogen and oxygen atoms in total. The average molecular weight is 412 g/mol. The molecule has 0 aromatic carbocycles. The Labute approximate surface area is 171 Å². The van der Waals surface area contributed by atoms with E-state index in [0.29, 0.717) is 45.7 Å². The van der Waals surface area contributed by atoms with E-state index in [1.165, 1.54) is 7.11 Å². The summed E-state index contributed by atoms with van der Waals surface area (Å²) < 4.78 is 10.0. The predicted octanol–water partition coefficient (Wildman–Crippen LogP) is -0.373. The van der Waals surface area contributed by atoms with Crippen molar-refractivity contribution in [2.45, 2.75) is 45.2 Å². The van der Waals surface area contributed by atoms with Crippen molar-refractivity contribution in [3.63, 3.8) is 0 Å². The summed E-state index contributed by atoms with van der Waals surface area (Å²) in [4.78, 5) is 51.1. The van der Waals surface area contributed by atoms with Gasteiger partial charge in [-0.2, -0.15) is 0 Å². The third-order valence-electron chi connectivity index (χ3n) is 5.10. The number of methoxy groups -OCH3 is 1. The second kappa shape index (κ2) is 11.0. The summed E-state index contributed by atoms with van der Waals surface area (Å²) in [6, 6.07) is -2.08. The van der Waals surface area contributed by atoms with Gasteiger partial charge in [-0.05, 0) is 25.2 Å². The topological polar surface area (TPSA) is 126 Å². The molecule has 0 bridgehead atoms. The number of hydrogen-bond acceptors (Lipinski definition) is 6. The minimum atomic E-state index is -0.948. The first kappa shape index (κ1) is 22.9. The molecule has 0 aliphatic carbocycles. The van der Waals surface area contributed by atoms with Crippen molar-refractivity contribution >= 4 is 23.8 Å². The zero-order valence-electron chi connectivity index (χ0n) is 17.4. The number of esters is 1. The Morgan fingerprint density at radius 1 is 1.21 bits per heavy atom. The van der Waals surface area contributed by atoms with E-state index in [1.807, 2.05) is 13.8 Å². The van der Waals surface area contributed by atoms with Crippen LogP contribution in [0.2, 0.25) is 0 Å². The van der Waals surface area contributed by atoms with Crippen molar-refractivity contribution in [3.8, 4) is 0 Å². The molecule has 2 saturated heterocycles. The molecule has 1 unspecified atom stereocenters. The fourth-order valence-electron chi connectivity index (χ4n) is 3.49.